The van der Waals surface area contributed by atoms with Gasteiger partial charge >= 0.3 is 0 Å². The van der Waals surface area contributed by atoms with Crippen molar-refractivity contribution in [3.05, 3.63) is 54.1 Å². The lowest BCUT2D eigenvalue weighted by molar-refractivity contribution is -0.0334. The number of aromatic nitrogens is 2. The highest BCUT2D eigenvalue weighted by atomic mass is 16.3. The van der Waals surface area contributed by atoms with E-state index in [0.29, 0.717) is 6.04 Å². The third-order valence-electron chi connectivity index (χ3n) is 5.43. The third kappa shape index (κ3) is 2.09. The number of nitrogens with zero attached hydrogens (tertiary/aromatic N) is 3. The molecule has 116 valence electrons. The lowest BCUT2D eigenvalue weighted by Crippen LogP contribution is -2.52. The molecule has 1 aromatic heterocycles. The number of rotatable bonds is 3. The van der Waals surface area contributed by atoms with Gasteiger partial charge in [0, 0.05) is 32.0 Å². The lowest BCUT2D eigenvalue weighted by Gasteiger charge is -2.46. The van der Waals surface area contributed by atoms with Gasteiger partial charge in [0.1, 0.15) is 5.82 Å². The second-order valence-corrected chi connectivity index (χ2v) is 6.79. The highest BCUT2D eigenvalue weighted by Crippen LogP contribution is 2.50. The van der Waals surface area contributed by atoms with Crippen molar-refractivity contribution < 1.29 is 5.11 Å². The van der Waals surface area contributed by atoms with Crippen LogP contribution in [-0.4, -0.2) is 31.7 Å². The summed E-state index contributed by atoms with van der Waals surface area (Å²) in [6.45, 7) is 0.936. The number of hydrogen-bond acceptors (Lipinski definition) is 3. The van der Waals surface area contributed by atoms with Crippen molar-refractivity contribution in [2.24, 2.45) is 7.05 Å². The first kappa shape index (κ1) is 14.0. The van der Waals surface area contributed by atoms with E-state index in [1.165, 1.54) is 5.56 Å². The molecule has 2 aliphatic rings. The van der Waals surface area contributed by atoms with Gasteiger partial charge in [-0.3, -0.25) is 4.90 Å². The van der Waals surface area contributed by atoms with Crippen molar-refractivity contribution >= 4 is 0 Å². The van der Waals surface area contributed by atoms with Crippen LogP contribution in [-0.2, 0) is 19.1 Å². The standard InChI is InChI=1S/C18H23N3O/c1-20-10-9-19-17(20)18-8-7-15(11-16(22)12-18)21(18)13-14-5-3-2-4-6-14/h2-6,9-10,15-16,22H,7-8,11-13H2,1H3. The fraction of sp³-hybridized carbons (Fsp3) is 0.500. The van der Waals surface area contributed by atoms with Crippen LogP contribution in [0.4, 0.5) is 0 Å². The van der Waals surface area contributed by atoms with Gasteiger partial charge in [0.2, 0.25) is 0 Å². The summed E-state index contributed by atoms with van der Waals surface area (Å²) in [6, 6.07) is 11.1. The van der Waals surface area contributed by atoms with E-state index in [4.69, 9.17) is 0 Å². The van der Waals surface area contributed by atoms with Crippen LogP contribution < -0.4 is 0 Å². The molecule has 4 nitrogen and oxygen atoms in total. The van der Waals surface area contributed by atoms with Crippen molar-refractivity contribution in [2.45, 2.75) is 49.9 Å². The maximum absolute atomic E-state index is 10.4. The van der Waals surface area contributed by atoms with E-state index < -0.39 is 0 Å². The molecule has 2 fully saturated rings. The minimum absolute atomic E-state index is 0.115. The van der Waals surface area contributed by atoms with Crippen molar-refractivity contribution in [3.63, 3.8) is 0 Å². The molecule has 1 N–H and O–H groups in total. The fourth-order valence-corrected chi connectivity index (χ4v) is 4.51. The Hall–Kier alpha value is -1.65. The number of piperidine rings is 1. The van der Waals surface area contributed by atoms with E-state index in [-0.39, 0.29) is 11.6 Å². The Morgan fingerprint density at radius 2 is 2.14 bits per heavy atom. The van der Waals surface area contributed by atoms with Gasteiger partial charge in [-0.1, -0.05) is 30.3 Å². The minimum atomic E-state index is -0.212. The molecule has 0 radical (unpaired) electrons. The Labute approximate surface area is 131 Å². The second kappa shape index (κ2) is 5.21. The smallest absolute Gasteiger partial charge is 0.129 e. The van der Waals surface area contributed by atoms with Crippen LogP contribution in [0.5, 0.6) is 0 Å². The summed E-state index contributed by atoms with van der Waals surface area (Å²) in [5, 5.41) is 10.4. The van der Waals surface area contributed by atoms with Crippen LogP contribution in [0.3, 0.4) is 0 Å². The van der Waals surface area contributed by atoms with Gasteiger partial charge in [-0.05, 0) is 31.2 Å². The van der Waals surface area contributed by atoms with Crippen molar-refractivity contribution in [1.29, 1.82) is 0 Å². The van der Waals surface area contributed by atoms with Gasteiger partial charge in [-0.2, -0.15) is 0 Å². The summed E-state index contributed by atoms with van der Waals surface area (Å²) >= 11 is 0. The Bertz CT molecular complexity index is 653. The monoisotopic (exact) mass is 297 g/mol. The van der Waals surface area contributed by atoms with Crippen molar-refractivity contribution in [3.8, 4) is 0 Å². The quantitative estimate of drug-likeness (QED) is 0.946. The fourth-order valence-electron chi connectivity index (χ4n) is 4.51. The zero-order valence-electron chi connectivity index (χ0n) is 13.0. The van der Waals surface area contributed by atoms with Crippen LogP contribution >= 0.6 is 0 Å². The Morgan fingerprint density at radius 3 is 2.86 bits per heavy atom. The normalized spacial score (nSPS) is 31.5. The molecule has 0 aliphatic carbocycles. The van der Waals surface area contributed by atoms with Gasteiger partial charge in [-0.15, -0.1) is 0 Å². The van der Waals surface area contributed by atoms with Gasteiger partial charge in [0.15, 0.2) is 0 Å². The molecular weight excluding hydrogens is 274 g/mol. The summed E-state index contributed by atoms with van der Waals surface area (Å²) in [4.78, 5) is 7.24. The predicted octanol–water partition coefficient (Wildman–Crippen LogP) is 2.43. The van der Waals surface area contributed by atoms with Crippen LogP contribution in [0.2, 0.25) is 0 Å². The van der Waals surface area contributed by atoms with Crippen LogP contribution in [0.1, 0.15) is 37.1 Å². The molecular formula is C18H23N3O. The second-order valence-electron chi connectivity index (χ2n) is 6.79. The highest BCUT2D eigenvalue weighted by molar-refractivity contribution is 5.21. The molecule has 4 rings (SSSR count). The van der Waals surface area contributed by atoms with Crippen LogP contribution in [0.15, 0.2) is 42.7 Å². The molecule has 2 aromatic rings. The summed E-state index contributed by atoms with van der Waals surface area (Å²) in [6.07, 6.45) is 7.60. The Kier molecular flexibility index (Phi) is 3.31. The average Bonchev–Trinajstić information content (AvgIpc) is 3.02. The van der Waals surface area contributed by atoms with E-state index in [2.05, 4.69) is 51.8 Å². The summed E-state index contributed by atoms with van der Waals surface area (Å²) in [5.41, 5.74) is 1.22. The minimum Gasteiger partial charge on any atom is -0.393 e. The highest BCUT2D eigenvalue weighted by Gasteiger charge is 2.54. The maximum Gasteiger partial charge on any atom is 0.129 e. The van der Waals surface area contributed by atoms with Crippen molar-refractivity contribution in [1.82, 2.24) is 14.5 Å². The maximum atomic E-state index is 10.4. The Morgan fingerprint density at radius 1 is 1.32 bits per heavy atom. The van der Waals surface area contributed by atoms with Crippen LogP contribution in [0, 0.1) is 0 Å². The number of benzene rings is 1. The lowest BCUT2D eigenvalue weighted by atomic mass is 9.85. The molecule has 22 heavy (non-hydrogen) atoms. The number of aliphatic hydroxyl groups is 1. The van der Waals surface area contributed by atoms with Gasteiger partial charge in [0.05, 0.1) is 11.6 Å². The molecule has 3 atom stereocenters. The average molecular weight is 297 g/mol. The zero-order chi connectivity index (χ0) is 15.2. The van der Waals surface area contributed by atoms with Gasteiger partial charge in [0.25, 0.3) is 0 Å². The zero-order valence-corrected chi connectivity index (χ0v) is 13.0. The molecule has 0 spiro atoms. The number of aryl methyl sites for hydroxylation is 1. The molecule has 3 heterocycles. The molecule has 1 aromatic carbocycles. The SMILES string of the molecule is Cn1ccnc1C12CCC(CC(O)C1)N2Cc1ccccc1. The Balaban J connectivity index is 1.74. The molecule has 2 saturated heterocycles. The summed E-state index contributed by atoms with van der Waals surface area (Å²) < 4.78 is 2.12. The van der Waals surface area contributed by atoms with E-state index >= 15 is 0 Å². The molecule has 0 saturated carbocycles. The number of aliphatic hydroxyl groups excluding tert-OH is 1. The van der Waals surface area contributed by atoms with Crippen molar-refractivity contribution in [2.75, 3.05) is 0 Å². The topological polar surface area (TPSA) is 41.3 Å². The third-order valence-corrected chi connectivity index (χ3v) is 5.43. The first-order valence-electron chi connectivity index (χ1n) is 8.15. The van der Waals surface area contributed by atoms with Gasteiger partial charge in [-0.25, -0.2) is 4.98 Å². The van der Waals surface area contributed by atoms with E-state index in [1.54, 1.807) is 0 Å². The molecule has 2 bridgehead atoms. The van der Waals surface area contributed by atoms with E-state index in [1.807, 2.05) is 12.4 Å². The summed E-state index contributed by atoms with van der Waals surface area (Å²) in [7, 11) is 2.06. The largest absolute Gasteiger partial charge is 0.393 e. The molecule has 2 aliphatic heterocycles. The molecule has 0 amide bonds. The molecule has 3 unspecified atom stereocenters. The molecule has 4 heteroatoms. The predicted molar refractivity (Wildman–Crippen MR) is 85.1 cm³/mol. The summed E-state index contributed by atoms with van der Waals surface area (Å²) in [5.74, 6) is 1.10. The van der Waals surface area contributed by atoms with Gasteiger partial charge < -0.3 is 9.67 Å². The first-order valence-corrected chi connectivity index (χ1v) is 8.15. The van der Waals surface area contributed by atoms with E-state index in [9.17, 15) is 5.11 Å². The number of hydrogen-bond donors (Lipinski definition) is 1. The first-order chi connectivity index (χ1) is 10.7. The van der Waals surface area contributed by atoms with Crippen LogP contribution in [0.25, 0.3) is 0 Å². The number of imidazole rings is 1. The van der Waals surface area contributed by atoms with E-state index in [0.717, 1.165) is 38.1 Å². The number of fused-ring (bicyclic) bond motifs is 2.